The van der Waals surface area contributed by atoms with Gasteiger partial charge in [0.1, 0.15) is 13.4 Å². The van der Waals surface area contributed by atoms with Crippen molar-refractivity contribution in [1.29, 1.82) is 0 Å². The molecule has 0 atom stereocenters. The molecular formula is C9H5BO2. The number of hydrogen-bond donors (Lipinski definition) is 0. The standard InChI is InChI=1S/C9H5BO2/c10-7-5-9(11)12-8-4-2-1-3-6(7)8/h1-5H. The van der Waals surface area contributed by atoms with E-state index < -0.39 is 5.63 Å². The largest absolute Gasteiger partial charge is 0.423 e. The number of benzene rings is 1. The summed E-state index contributed by atoms with van der Waals surface area (Å²) in [6.45, 7) is 0. The molecule has 0 N–H and O–H groups in total. The summed E-state index contributed by atoms with van der Waals surface area (Å²) in [6.07, 6.45) is 0. The van der Waals surface area contributed by atoms with Gasteiger partial charge >= 0.3 is 5.63 Å². The van der Waals surface area contributed by atoms with E-state index in [1.54, 1.807) is 12.1 Å². The van der Waals surface area contributed by atoms with Gasteiger partial charge in [0.2, 0.25) is 0 Å². The molecule has 0 aliphatic rings. The van der Waals surface area contributed by atoms with E-state index >= 15 is 0 Å². The molecular weight excluding hydrogens is 151 g/mol. The van der Waals surface area contributed by atoms with Crippen LogP contribution in [0.2, 0.25) is 0 Å². The van der Waals surface area contributed by atoms with Crippen molar-refractivity contribution in [2.24, 2.45) is 0 Å². The molecule has 0 fully saturated rings. The maximum Gasteiger partial charge on any atom is 0.335 e. The van der Waals surface area contributed by atoms with Gasteiger partial charge in [0, 0.05) is 11.5 Å². The Bertz CT molecular complexity index is 473. The highest BCUT2D eigenvalue weighted by Crippen LogP contribution is 2.06. The number of hydrogen-bond acceptors (Lipinski definition) is 2. The normalized spacial score (nSPS) is 10.3. The lowest BCUT2D eigenvalue weighted by atomic mass is 9.93. The SMILES string of the molecule is [B]c1cc(=O)oc2ccccc12. The maximum atomic E-state index is 10.9. The van der Waals surface area contributed by atoms with E-state index in [-0.39, 0.29) is 0 Å². The predicted molar refractivity (Wildman–Crippen MR) is 47.9 cm³/mol. The van der Waals surface area contributed by atoms with E-state index in [0.717, 1.165) is 5.39 Å². The third-order valence-corrected chi connectivity index (χ3v) is 1.68. The summed E-state index contributed by atoms with van der Waals surface area (Å²) >= 11 is 0. The molecule has 2 nitrogen and oxygen atoms in total. The summed E-state index contributed by atoms with van der Waals surface area (Å²) in [5.74, 6) is 0. The molecule has 12 heavy (non-hydrogen) atoms. The molecule has 2 rings (SSSR count). The Hall–Kier alpha value is -1.51. The van der Waals surface area contributed by atoms with Crippen LogP contribution in [0.1, 0.15) is 0 Å². The van der Waals surface area contributed by atoms with Gasteiger partial charge in [-0.2, -0.15) is 0 Å². The Labute approximate surface area is 70.2 Å². The van der Waals surface area contributed by atoms with Crippen LogP contribution in [0.25, 0.3) is 11.0 Å². The monoisotopic (exact) mass is 156 g/mol. The Kier molecular flexibility index (Phi) is 1.50. The van der Waals surface area contributed by atoms with Crippen LogP contribution in [0.15, 0.2) is 39.5 Å². The average molecular weight is 156 g/mol. The van der Waals surface area contributed by atoms with Crippen molar-refractivity contribution in [3.8, 4) is 0 Å². The van der Waals surface area contributed by atoms with Gasteiger partial charge in [0.25, 0.3) is 0 Å². The van der Waals surface area contributed by atoms with E-state index in [1.807, 2.05) is 12.1 Å². The van der Waals surface area contributed by atoms with E-state index in [4.69, 9.17) is 12.3 Å². The molecule has 1 heterocycles. The fourth-order valence-electron chi connectivity index (χ4n) is 1.14. The van der Waals surface area contributed by atoms with Crippen LogP contribution >= 0.6 is 0 Å². The summed E-state index contributed by atoms with van der Waals surface area (Å²) in [7, 11) is 5.60. The lowest BCUT2D eigenvalue weighted by molar-refractivity contribution is 0.562. The van der Waals surface area contributed by atoms with Crippen molar-refractivity contribution in [1.82, 2.24) is 0 Å². The number of para-hydroxylation sites is 1. The summed E-state index contributed by atoms with van der Waals surface area (Å²) in [4.78, 5) is 10.9. The molecule has 3 heteroatoms. The van der Waals surface area contributed by atoms with Crippen molar-refractivity contribution in [3.63, 3.8) is 0 Å². The first kappa shape index (κ1) is 7.16. The zero-order valence-corrected chi connectivity index (χ0v) is 6.28. The first-order chi connectivity index (χ1) is 5.77. The van der Waals surface area contributed by atoms with Crippen LogP contribution in [0, 0.1) is 0 Å². The van der Waals surface area contributed by atoms with Gasteiger partial charge in [0.15, 0.2) is 0 Å². The van der Waals surface area contributed by atoms with Crippen molar-refractivity contribution in [2.45, 2.75) is 0 Å². The van der Waals surface area contributed by atoms with Crippen molar-refractivity contribution < 1.29 is 4.42 Å². The van der Waals surface area contributed by atoms with E-state index in [9.17, 15) is 4.79 Å². The molecule has 0 spiro atoms. The molecule has 1 aromatic carbocycles. The molecule has 1 aromatic heterocycles. The highest BCUT2D eigenvalue weighted by Gasteiger charge is 1.98. The first-order valence-corrected chi connectivity index (χ1v) is 3.56. The van der Waals surface area contributed by atoms with Gasteiger partial charge in [0.05, 0.1) is 0 Å². The molecule has 0 saturated heterocycles. The van der Waals surface area contributed by atoms with E-state index in [0.29, 0.717) is 11.0 Å². The molecule has 0 aliphatic heterocycles. The van der Waals surface area contributed by atoms with E-state index in [2.05, 4.69) is 0 Å². The van der Waals surface area contributed by atoms with Crippen molar-refractivity contribution >= 4 is 24.3 Å². The Morgan fingerprint density at radius 1 is 1.25 bits per heavy atom. The molecule has 2 radical (unpaired) electrons. The lowest BCUT2D eigenvalue weighted by Crippen LogP contribution is -2.11. The smallest absolute Gasteiger partial charge is 0.335 e. The third-order valence-electron chi connectivity index (χ3n) is 1.68. The number of fused-ring (bicyclic) bond motifs is 1. The zero-order chi connectivity index (χ0) is 8.55. The lowest BCUT2D eigenvalue weighted by Gasteiger charge is -1.97. The quantitative estimate of drug-likeness (QED) is 0.412. The molecule has 2 aromatic rings. The molecule has 0 aliphatic carbocycles. The van der Waals surface area contributed by atoms with Crippen LogP contribution in [-0.4, -0.2) is 7.85 Å². The van der Waals surface area contributed by atoms with Crippen LogP contribution < -0.4 is 11.1 Å². The third kappa shape index (κ3) is 1.03. The van der Waals surface area contributed by atoms with Crippen LogP contribution in [0.5, 0.6) is 0 Å². The van der Waals surface area contributed by atoms with Crippen molar-refractivity contribution in [2.75, 3.05) is 0 Å². The van der Waals surface area contributed by atoms with E-state index in [1.165, 1.54) is 6.07 Å². The fraction of sp³-hybridized carbons (Fsp3) is 0. The average Bonchev–Trinajstić information content (AvgIpc) is 2.04. The topological polar surface area (TPSA) is 30.2 Å². The van der Waals surface area contributed by atoms with Gasteiger partial charge in [-0.15, -0.1) is 0 Å². The van der Waals surface area contributed by atoms with Gasteiger partial charge < -0.3 is 4.42 Å². The molecule has 56 valence electrons. The summed E-state index contributed by atoms with van der Waals surface area (Å²) in [5.41, 5.74) is 0.579. The summed E-state index contributed by atoms with van der Waals surface area (Å²) < 4.78 is 4.91. The Balaban J connectivity index is 2.99. The minimum Gasteiger partial charge on any atom is -0.423 e. The minimum atomic E-state index is -0.411. The maximum absolute atomic E-state index is 10.9. The second-order valence-corrected chi connectivity index (χ2v) is 2.52. The second-order valence-electron chi connectivity index (χ2n) is 2.52. The Morgan fingerprint density at radius 3 is 2.83 bits per heavy atom. The summed E-state index contributed by atoms with van der Waals surface area (Å²) in [6, 6.07) is 8.45. The molecule has 0 bridgehead atoms. The van der Waals surface area contributed by atoms with Crippen LogP contribution in [0.4, 0.5) is 0 Å². The second kappa shape index (κ2) is 2.52. The van der Waals surface area contributed by atoms with Gasteiger partial charge in [-0.3, -0.25) is 0 Å². The highest BCUT2D eigenvalue weighted by atomic mass is 16.4. The fourth-order valence-corrected chi connectivity index (χ4v) is 1.14. The van der Waals surface area contributed by atoms with Crippen LogP contribution in [0.3, 0.4) is 0 Å². The van der Waals surface area contributed by atoms with Gasteiger partial charge in [-0.25, -0.2) is 4.79 Å². The molecule has 0 unspecified atom stereocenters. The predicted octanol–water partition coefficient (Wildman–Crippen LogP) is 0.587. The summed E-state index contributed by atoms with van der Waals surface area (Å²) in [5, 5.41) is 0.775. The minimum absolute atomic E-state index is 0.411. The van der Waals surface area contributed by atoms with Crippen LogP contribution in [-0.2, 0) is 0 Å². The number of rotatable bonds is 0. The first-order valence-electron chi connectivity index (χ1n) is 3.56. The molecule has 0 amide bonds. The van der Waals surface area contributed by atoms with Gasteiger partial charge in [-0.05, 0) is 6.07 Å². The Morgan fingerprint density at radius 2 is 2.00 bits per heavy atom. The van der Waals surface area contributed by atoms with Crippen molar-refractivity contribution in [3.05, 3.63) is 40.8 Å². The zero-order valence-electron chi connectivity index (χ0n) is 6.28. The highest BCUT2D eigenvalue weighted by molar-refractivity contribution is 6.38. The van der Waals surface area contributed by atoms with Gasteiger partial charge in [-0.1, -0.05) is 23.7 Å². The molecule has 0 saturated carbocycles.